The van der Waals surface area contributed by atoms with Crippen molar-refractivity contribution in [3.63, 3.8) is 0 Å². The van der Waals surface area contributed by atoms with Gasteiger partial charge in [-0.1, -0.05) is 11.8 Å². The molecule has 0 aromatic heterocycles. The van der Waals surface area contributed by atoms with Crippen molar-refractivity contribution < 1.29 is 24.2 Å². The number of aliphatic hydroxyl groups excluding tert-OH is 1. The minimum atomic E-state index is -0.982. The van der Waals surface area contributed by atoms with E-state index >= 15 is 0 Å². The minimum absolute atomic E-state index is 0.0700. The molecule has 1 saturated heterocycles. The van der Waals surface area contributed by atoms with Gasteiger partial charge in [0.25, 0.3) is 0 Å². The maximum Gasteiger partial charge on any atom is 0.190 e. The zero-order valence-corrected chi connectivity index (χ0v) is 10.4. The van der Waals surface area contributed by atoms with Crippen molar-refractivity contribution in [3.05, 3.63) is 0 Å². The molecular formula is C10H16O5S. The molecule has 1 N–H and O–H groups in total. The van der Waals surface area contributed by atoms with Crippen LogP contribution in [-0.4, -0.2) is 46.4 Å². The van der Waals surface area contributed by atoms with Gasteiger partial charge in [0.1, 0.15) is 12.7 Å². The van der Waals surface area contributed by atoms with Gasteiger partial charge >= 0.3 is 0 Å². The molecule has 0 bridgehead atoms. The molecule has 6 heteroatoms. The first-order valence-electron chi connectivity index (χ1n) is 4.98. The third-order valence-electron chi connectivity index (χ3n) is 2.10. The van der Waals surface area contributed by atoms with E-state index in [-0.39, 0.29) is 23.3 Å². The van der Waals surface area contributed by atoms with Crippen LogP contribution in [0.1, 0.15) is 20.8 Å². The molecule has 1 aliphatic heterocycles. The number of aliphatic hydroxyl groups is 1. The van der Waals surface area contributed by atoms with E-state index in [1.165, 1.54) is 6.92 Å². The van der Waals surface area contributed by atoms with Crippen LogP contribution < -0.4 is 0 Å². The number of carbonyl (C=O) groups excluding carboxylic acids is 2. The molecule has 0 saturated carbocycles. The first kappa shape index (κ1) is 13.6. The predicted octanol–water partition coefficient (Wildman–Crippen LogP) is 0.348. The van der Waals surface area contributed by atoms with E-state index in [9.17, 15) is 14.7 Å². The van der Waals surface area contributed by atoms with Crippen LogP contribution in [0.15, 0.2) is 0 Å². The maximum absolute atomic E-state index is 11.5. The Labute approximate surface area is 98.5 Å². The van der Waals surface area contributed by atoms with Gasteiger partial charge in [-0.15, -0.1) is 0 Å². The lowest BCUT2D eigenvalue weighted by atomic mass is 10.1. The molecular weight excluding hydrogens is 232 g/mol. The molecule has 16 heavy (non-hydrogen) atoms. The first-order chi connectivity index (χ1) is 7.32. The van der Waals surface area contributed by atoms with Crippen molar-refractivity contribution in [2.45, 2.75) is 38.8 Å². The summed E-state index contributed by atoms with van der Waals surface area (Å²) in [6.07, 6.45) is -1.89. The van der Waals surface area contributed by atoms with Crippen LogP contribution in [0.4, 0.5) is 0 Å². The standard InChI is InChI=1S/C10H16O5S/c1-6(11)16-5-8(13)9-7(12)4-14-10(2,3)15-9/h8-9,13H,4-5H2,1-3H3/t8-,9+/m0/s1. The summed E-state index contributed by atoms with van der Waals surface area (Å²) in [5, 5.41) is 9.65. The number of hydrogen-bond donors (Lipinski definition) is 1. The van der Waals surface area contributed by atoms with Gasteiger partial charge in [0, 0.05) is 12.7 Å². The van der Waals surface area contributed by atoms with E-state index in [0.717, 1.165) is 11.8 Å². The molecule has 5 nitrogen and oxygen atoms in total. The van der Waals surface area contributed by atoms with Gasteiger partial charge in [-0.05, 0) is 13.8 Å². The lowest BCUT2D eigenvalue weighted by molar-refractivity contribution is -0.269. The van der Waals surface area contributed by atoms with E-state index in [1.807, 2.05) is 0 Å². The fourth-order valence-electron chi connectivity index (χ4n) is 1.32. The van der Waals surface area contributed by atoms with Crippen LogP contribution in [0.3, 0.4) is 0 Å². The van der Waals surface area contributed by atoms with Crippen molar-refractivity contribution in [2.75, 3.05) is 12.4 Å². The van der Waals surface area contributed by atoms with Gasteiger partial charge in [0.15, 0.2) is 16.7 Å². The molecule has 0 spiro atoms. The molecule has 92 valence electrons. The Kier molecular flexibility index (Phi) is 4.49. The third-order valence-corrected chi connectivity index (χ3v) is 3.01. The Morgan fingerprint density at radius 2 is 2.31 bits per heavy atom. The van der Waals surface area contributed by atoms with E-state index in [4.69, 9.17) is 9.47 Å². The zero-order chi connectivity index (χ0) is 12.3. The summed E-state index contributed by atoms with van der Waals surface area (Å²) < 4.78 is 10.5. The van der Waals surface area contributed by atoms with E-state index in [1.54, 1.807) is 13.8 Å². The number of carbonyl (C=O) groups is 2. The number of ketones is 1. The second-order valence-electron chi connectivity index (χ2n) is 4.06. The maximum atomic E-state index is 11.5. The Bertz CT molecular complexity index is 289. The van der Waals surface area contributed by atoms with Crippen LogP contribution in [0.5, 0.6) is 0 Å². The first-order valence-corrected chi connectivity index (χ1v) is 5.96. The van der Waals surface area contributed by atoms with Gasteiger partial charge in [0.2, 0.25) is 0 Å². The third kappa shape index (κ3) is 3.86. The summed E-state index contributed by atoms with van der Waals surface area (Å²) in [7, 11) is 0. The molecule has 1 heterocycles. The van der Waals surface area contributed by atoms with Crippen LogP contribution in [-0.2, 0) is 19.1 Å². The molecule has 0 unspecified atom stereocenters. The number of thioether (sulfide) groups is 1. The number of ether oxygens (including phenoxy) is 2. The largest absolute Gasteiger partial charge is 0.389 e. The van der Waals surface area contributed by atoms with E-state index in [2.05, 4.69) is 0 Å². The molecule has 0 aliphatic carbocycles. The van der Waals surface area contributed by atoms with Gasteiger partial charge in [0.05, 0.1) is 6.10 Å². The topological polar surface area (TPSA) is 72.8 Å². The van der Waals surface area contributed by atoms with Crippen molar-refractivity contribution in [2.24, 2.45) is 0 Å². The van der Waals surface area contributed by atoms with Crippen LogP contribution in [0, 0.1) is 0 Å². The molecule has 0 radical (unpaired) electrons. The Morgan fingerprint density at radius 3 is 2.88 bits per heavy atom. The lowest BCUT2D eigenvalue weighted by Gasteiger charge is -2.36. The highest BCUT2D eigenvalue weighted by molar-refractivity contribution is 8.13. The average molecular weight is 248 g/mol. The normalized spacial score (nSPS) is 26.5. The smallest absolute Gasteiger partial charge is 0.190 e. The number of rotatable bonds is 3. The molecule has 0 aromatic rings. The second-order valence-corrected chi connectivity index (χ2v) is 5.26. The SMILES string of the molecule is CC(=O)SC[C@H](O)[C@@H]1OC(C)(C)OCC1=O. The van der Waals surface area contributed by atoms with Crippen molar-refractivity contribution in [3.8, 4) is 0 Å². The summed E-state index contributed by atoms with van der Waals surface area (Å²) in [6, 6.07) is 0. The van der Waals surface area contributed by atoms with Crippen molar-refractivity contribution in [1.82, 2.24) is 0 Å². The quantitative estimate of drug-likeness (QED) is 0.777. The van der Waals surface area contributed by atoms with E-state index < -0.39 is 18.0 Å². The van der Waals surface area contributed by atoms with Gasteiger partial charge < -0.3 is 14.6 Å². The Morgan fingerprint density at radius 1 is 1.69 bits per heavy atom. The second kappa shape index (κ2) is 5.27. The highest BCUT2D eigenvalue weighted by Crippen LogP contribution is 2.23. The van der Waals surface area contributed by atoms with Crippen LogP contribution >= 0.6 is 11.8 Å². The molecule has 0 amide bonds. The van der Waals surface area contributed by atoms with Gasteiger partial charge in [-0.3, -0.25) is 9.59 Å². The monoisotopic (exact) mass is 248 g/mol. The summed E-state index contributed by atoms with van der Waals surface area (Å²) in [5.41, 5.74) is 0. The molecule has 1 rings (SSSR count). The van der Waals surface area contributed by atoms with Crippen molar-refractivity contribution in [1.29, 1.82) is 0 Å². The summed E-state index contributed by atoms with van der Waals surface area (Å²) in [5.74, 6) is -1.02. The fourth-order valence-corrected chi connectivity index (χ4v) is 1.90. The van der Waals surface area contributed by atoms with Gasteiger partial charge in [-0.2, -0.15) is 0 Å². The zero-order valence-electron chi connectivity index (χ0n) is 9.56. The summed E-state index contributed by atoms with van der Waals surface area (Å²) in [6.45, 7) is 4.70. The minimum Gasteiger partial charge on any atom is -0.389 e. The average Bonchev–Trinajstić information content (AvgIpc) is 2.18. The highest BCUT2D eigenvalue weighted by Gasteiger charge is 2.39. The van der Waals surface area contributed by atoms with Crippen LogP contribution in [0.2, 0.25) is 0 Å². The number of hydrogen-bond acceptors (Lipinski definition) is 6. The van der Waals surface area contributed by atoms with Crippen molar-refractivity contribution >= 4 is 22.7 Å². The van der Waals surface area contributed by atoms with Crippen LogP contribution in [0.25, 0.3) is 0 Å². The van der Waals surface area contributed by atoms with Gasteiger partial charge in [-0.25, -0.2) is 0 Å². The molecule has 0 aromatic carbocycles. The molecule has 1 fully saturated rings. The Hall–Kier alpha value is -0.430. The fraction of sp³-hybridized carbons (Fsp3) is 0.800. The number of Topliss-reactive ketones (excluding diaryl/α,β-unsaturated/α-hetero) is 1. The molecule has 1 aliphatic rings. The summed E-state index contributed by atoms with van der Waals surface area (Å²) in [4.78, 5) is 22.2. The van der Waals surface area contributed by atoms with E-state index in [0.29, 0.717) is 0 Å². The predicted molar refractivity (Wildman–Crippen MR) is 59.1 cm³/mol. The highest BCUT2D eigenvalue weighted by atomic mass is 32.2. The Balaban J connectivity index is 2.55. The molecule has 2 atom stereocenters. The summed E-state index contributed by atoms with van der Waals surface area (Å²) >= 11 is 0.973. The lowest BCUT2D eigenvalue weighted by Crippen LogP contribution is -2.51.